The van der Waals surface area contributed by atoms with Crippen LogP contribution < -0.4 is 10.5 Å². The van der Waals surface area contributed by atoms with Crippen molar-refractivity contribution in [2.45, 2.75) is 47.3 Å². The summed E-state index contributed by atoms with van der Waals surface area (Å²) < 4.78 is 5.95. The van der Waals surface area contributed by atoms with Crippen molar-refractivity contribution in [1.82, 2.24) is 4.98 Å². The number of nitrogens with two attached hydrogens (primary N) is 1. The summed E-state index contributed by atoms with van der Waals surface area (Å²) >= 11 is 1.66. The number of hydrogen-bond donors (Lipinski definition) is 1. The van der Waals surface area contributed by atoms with E-state index in [0.29, 0.717) is 13.2 Å². The molecule has 0 atom stereocenters. The number of aryl methyl sites for hydroxylation is 3. The molecule has 0 aliphatic heterocycles. The highest BCUT2D eigenvalue weighted by atomic mass is 32.1. The predicted molar refractivity (Wildman–Crippen MR) is 84.4 cm³/mol. The van der Waals surface area contributed by atoms with Crippen molar-refractivity contribution in [3.8, 4) is 5.75 Å². The Morgan fingerprint density at radius 3 is 2.60 bits per heavy atom. The summed E-state index contributed by atoms with van der Waals surface area (Å²) in [5.74, 6) is 0.949. The van der Waals surface area contributed by atoms with E-state index in [2.05, 4.69) is 44.8 Å². The van der Waals surface area contributed by atoms with Crippen LogP contribution in [0.15, 0.2) is 12.1 Å². The Bertz CT molecular complexity index is 583. The average molecular weight is 290 g/mol. The van der Waals surface area contributed by atoms with Crippen LogP contribution in [0.5, 0.6) is 5.75 Å². The quantitative estimate of drug-likeness (QED) is 0.914. The zero-order valence-electron chi connectivity index (χ0n) is 12.6. The largest absolute Gasteiger partial charge is 0.486 e. The molecule has 4 heteroatoms. The molecule has 0 bridgehead atoms. The first-order chi connectivity index (χ1) is 9.55. The molecule has 108 valence electrons. The Labute approximate surface area is 124 Å². The summed E-state index contributed by atoms with van der Waals surface area (Å²) in [6, 6.07) is 4.26. The molecule has 0 radical (unpaired) electrons. The van der Waals surface area contributed by atoms with Gasteiger partial charge in [-0.2, -0.15) is 0 Å². The van der Waals surface area contributed by atoms with Gasteiger partial charge in [0.05, 0.1) is 5.69 Å². The van der Waals surface area contributed by atoms with Crippen LogP contribution in [-0.4, -0.2) is 4.98 Å². The van der Waals surface area contributed by atoms with Crippen molar-refractivity contribution in [3.05, 3.63) is 44.4 Å². The molecule has 1 heterocycles. The minimum absolute atomic E-state index is 0.515. The molecule has 0 saturated carbocycles. The van der Waals surface area contributed by atoms with Crippen molar-refractivity contribution in [2.75, 3.05) is 0 Å². The number of aromatic nitrogens is 1. The molecule has 1 aromatic carbocycles. The topological polar surface area (TPSA) is 48.1 Å². The molecule has 0 aliphatic rings. The van der Waals surface area contributed by atoms with Gasteiger partial charge in [0.2, 0.25) is 0 Å². The van der Waals surface area contributed by atoms with Crippen molar-refractivity contribution in [3.63, 3.8) is 0 Å². The predicted octanol–water partition coefficient (Wildman–Crippen LogP) is 3.67. The molecular weight excluding hydrogens is 268 g/mol. The van der Waals surface area contributed by atoms with Gasteiger partial charge in [-0.1, -0.05) is 13.0 Å². The van der Waals surface area contributed by atoms with E-state index >= 15 is 0 Å². The first kappa shape index (κ1) is 15.0. The summed E-state index contributed by atoms with van der Waals surface area (Å²) in [5.41, 5.74) is 10.5. The third kappa shape index (κ3) is 3.19. The molecule has 0 saturated heterocycles. The van der Waals surface area contributed by atoms with Gasteiger partial charge in [-0.3, -0.25) is 0 Å². The van der Waals surface area contributed by atoms with E-state index in [1.54, 1.807) is 11.3 Å². The highest BCUT2D eigenvalue weighted by Gasteiger charge is 2.10. The summed E-state index contributed by atoms with van der Waals surface area (Å²) in [4.78, 5) is 5.77. The second-order valence-electron chi connectivity index (χ2n) is 5.03. The maximum absolute atomic E-state index is 5.95. The lowest BCUT2D eigenvalue weighted by Gasteiger charge is -2.11. The summed E-state index contributed by atoms with van der Waals surface area (Å²) in [6.07, 6.45) is 0.922. The van der Waals surface area contributed by atoms with Gasteiger partial charge in [-0.05, 0) is 49.9 Å². The number of benzene rings is 1. The Hall–Kier alpha value is -1.39. The Kier molecular flexibility index (Phi) is 4.78. The number of thiazole rings is 1. The molecule has 1 aromatic heterocycles. The van der Waals surface area contributed by atoms with Gasteiger partial charge < -0.3 is 10.5 Å². The van der Waals surface area contributed by atoms with Crippen LogP contribution >= 0.6 is 11.3 Å². The van der Waals surface area contributed by atoms with Crippen LogP contribution in [0.4, 0.5) is 0 Å². The van der Waals surface area contributed by atoms with E-state index in [-0.39, 0.29) is 0 Å². The molecule has 0 amide bonds. The molecule has 2 rings (SSSR count). The second-order valence-corrected chi connectivity index (χ2v) is 6.20. The minimum atomic E-state index is 0.515. The van der Waals surface area contributed by atoms with Crippen molar-refractivity contribution in [1.29, 1.82) is 0 Å². The zero-order valence-corrected chi connectivity index (χ0v) is 13.4. The monoisotopic (exact) mass is 290 g/mol. The molecule has 0 unspecified atom stereocenters. The first-order valence-corrected chi connectivity index (χ1v) is 7.75. The van der Waals surface area contributed by atoms with Gasteiger partial charge >= 0.3 is 0 Å². The normalized spacial score (nSPS) is 10.8. The highest BCUT2D eigenvalue weighted by molar-refractivity contribution is 7.11. The maximum Gasteiger partial charge on any atom is 0.140 e. The van der Waals surface area contributed by atoms with E-state index in [1.165, 1.54) is 21.6 Å². The Morgan fingerprint density at radius 1 is 1.25 bits per heavy atom. The van der Waals surface area contributed by atoms with E-state index in [1.807, 2.05) is 0 Å². The number of ether oxygens (including phenoxy) is 1. The number of hydrogen-bond acceptors (Lipinski definition) is 4. The third-order valence-corrected chi connectivity index (χ3v) is 4.55. The molecule has 20 heavy (non-hydrogen) atoms. The van der Waals surface area contributed by atoms with Gasteiger partial charge in [0.25, 0.3) is 0 Å². The molecule has 2 N–H and O–H groups in total. The van der Waals surface area contributed by atoms with Gasteiger partial charge in [0, 0.05) is 11.4 Å². The van der Waals surface area contributed by atoms with Gasteiger partial charge in [-0.15, -0.1) is 11.3 Å². The molecule has 3 nitrogen and oxygen atoms in total. The van der Waals surface area contributed by atoms with Crippen LogP contribution in [0.1, 0.15) is 39.2 Å². The number of rotatable bonds is 5. The van der Waals surface area contributed by atoms with Crippen molar-refractivity contribution in [2.24, 2.45) is 5.73 Å². The fourth-order valence-electron chi connectivity index (χ4n) is 2.22. The maximum atomic E-state index is 5.95. The first-order valence-electron chi connectivity index (χ1n) is 6.93. The lowest BCUT2D eigenvalue weighted by Crippen LogP contribution is -1.99. The fraction of sp³-hybridized carbons (Fsp3) is 0.438. The summed E-state index contributed by atoms with van der Waals surface area (Å²) in [5, 5.41) is 1.00. The summed E-state index contributed by atoms with van der Waals surface area (Å²) in [7, 11) is 0. The van der Waals surface area contributed by atoms with Crippen LogP contribution in [-0.2, 0) is 19.6 Å². The minimum Gasteiger partial charge on any atom is -0.486 e. The van der Waals surface area contributed by atoms with E-state index in [9.17, 15) is 0 Å². The van der Waals surface area contributed by atoms with Crippen LogP contribution in [0.25, 0.3) is 0 Å². The Morgan fingerprint density at radius 2 is 2.00 bits per heavy atom. The lowest BCUT2D eigenvalue weighted by molar-refractivity contribution is 0.303. The van der Waals surface area contributed by atoms with Gasteiger partial charge in [0.1, 0.15) is 17.4 Å². The standard InChI is InChI=1S/C16H22N2OS/c1-5-13-15(8-17)20-16(18-13)9-19-14-7-10(2)6-11(3)12(14)4/h6-7H,5,8-9,17H2,1-4H3. The fourth-order valence-corrected chi connectivity index (χ4v) is 3.17. The second kappa shape index (κ2) is 6.37. The van der Waals surface area contributed by atoms with Crippen LogP contribution in [0, 0.1) is 20.8 Å². The summed E-state index contributed by atoms with van der Waals surface area (Å²) in [6.45, 7) is 9.47. The lowest BCUT2D eigenvalue weighted by atomic mass is 10.1. The van der Waals surface area contributed by atoms with E-state index in [0.717, 1.165) is 22.9 Å². The smallest absolute Gasteiger partial charge is 0.140 e. The van der Waals surface area contributed by atoms with Crippen LogP contribution in [0.2, 0.25) is 0 Å². The zero-order chi connectivity index (χ0) is 14.7. The highest BCUT2D eigenvalue weighted by Crippen LogP contribution is 2.25. The average Bonchev–Trinajstić information content (AvgIpc) is 2.83. The van der Waals surface area contributed by atoms with Crippen LogP contribution in [0.3, 0.4) is 0 Å². The molecule has 0 aliphatic carbocycles. The molecule has 2 aromatic rings. The Balaban J connectivity index is 2.14. The number of nitrogens with zero attached hydrogens (tertiary/aromatic N) is 1. The SMILES string of the molecule is CCc1nc(COc2cc(C)cc(C)c2C)sc1CN. The van der Waals surface area contributed by atoms with E-state index in [4.69, 9.17) is 10.5 Å². The van der Waals surface area contributed by atoms with Crippen molar-refractivity contribution >= 4 is 11.3 Å². The van der Waals surface area contributed by atoms with Gasteiger partial charge in [-0.25, -0.2) is 4.98 Å². The van der Waals surface area contributed by atoms with Gasteiger partial charge in [0.15, 0.2) is 0 Å². The molecule has 0 fully saturated rings. The third-order valence-electron chi connectivity index (χ3n) is 3.46. The van der Waals surface area contributed by atoms with Crippen molar-refractivity contribution < 1.29 is 4.74 Å². The molecule has 0 spiro atoms. The van der Waals surface area contributed by atoms with E-state index < -0.39 is 0 Å². The molecular formula is C16H22N2OS.